The fourth-order valence-electron chi connectivity index (χ4n) is 6.71. The van der Waals surface area contributed by atoms with E-state index in [0.717, 1.165) is 5.69 Å². The standard InChI is InChI=1S/C37H38BN5/c1-25-22-35-37-36(23-25)43(29-18-14-27(15-19-29)40(4)5)34-21-20-30(41(6)7)24-32(34)38(37)31-10-8-9-11-33(31)42(35)28-16-12-26(13-17-28)39(2)3/h8-24H,1-7H3. The van der Waals surface area contributed by atoms with Crippen LogP contribution in [0, 0.1) is 6.92 Å². The molecule has 43 heavy (non-hydrogen) atoms. The van der Waals surface area contributed by atoms with Crippen molar-refractivity contribution in [2.75, 3.05) is 66.8 Å². The highest BCUT2D eigenvalue weighted by Crippen LogP contribution is 2.45. The van der Waals surface area contributed by atoms with Gasteiger partial charge in [0.2, 0.25) is 0 Å². The van der Waals surface area contributed by atoms with Crippen molar-refractivity contribution in [3.63, 3.8) is 0 Å². The Hall–Kier alpha value is -4.84. The smallest absolute Gasteiger partial charge is 0.252 e. The number of benzene rings is 5. The van der Waals surface area contributed by atoms with E-state index >= 15 is 0 Å². The lowest BCUT2D eigenvalue weighted by Crippen LogP contribution is -2.61. The summed E-state index contributed by atoms with van der Waals surface area (Å²) < 4.78 is 0. The van der Waals surface area contributed by atoms with Crippen LogP contribution in [0.15, 0.2) is 103 Å². The van der Waals surface area contributed by atoms with E-state index in [1.54, 1.807) is 0 Å². The first-order valence-corrected chi connectivity index (χ1v) is 14.9. The zero-order chi connectivity index (χ0) is 30.0. The predicted molar refractivity (Wildman–Crippen MR) is 188 cm³/mol. The second-order valence-corrected chi connectivity index (χ2v) is 12.3. The first-order valence-electron chi connectivity index (χ1n) is 14.9. The SMILES string of the molecule is Cc1cc2c3c(c1)N(c1ccc(N(C)C)cc1)c1ccc(N(C)C)cc1B3c1ccccc1N2c1ccc(N(C)C)cc1. The Bertz CT molecular complexity index is 1810. The molecule has 0 radical (unpaired) electrons. The highest BCUT2D eigenvalue weighted by molar-refractivity contribution is 7.00. The number of anilines is 9. The molecule has 0 N–H and O–H groups in total. The van der Waals surface area contributed by atoms with Crippen molar-refractivity contribution in [1.29, 1.82) is 0 Å². The lowest BCUT2D eigenvalue weighted by molar-refractivity contribution is 1.13. The Morgan fingerprint density at radius 1 is 0.465 bits per heavy atom. The number of rotatable bonds is 5. The average Bonchev–Trinajstić information content (AvgIpc) is 3.00. The van der Waals surface area contributed by atoms with Gasteiger partial charge in [0.1, 0.15) is 0 Å². The van der Waals surface area contributed by atoms with Crippen molar-refractivity contribution in [1.82, 2.24) is 0 Å². The topological polar surface area (TPSA) is 16.2 Å². The van der Waals surface area contributed by atoms with Crippen LogP contribution in [0.5, 0.6) is 0 Å². The molecule has 7 rings (SSSR count). The summed E-state index contributed by atoms with van der Waals surface area (Å²) in [6.07, 6.45) is 0. The van der Waals surface area contributed by atoms with E-state index in [1.165, 1.54) is 67.5 Å². The number of nitrogens with zero attached hydrogens (tertiary/aromatic N) is 5. The maximum absolute atomic E-state index is 2.47. The van der Waals surface area contributed by atoms with Crippen molar-refractivity contribution >= 4 is 74.3 Å². The van der Waals surface area contributed by atoms with Crippen LogP contribution in [0.25, 0.3) is 0 Å². The van der Waals surface area contributed by atoms with Crippen LogP contribution < -0.4 is 40.9 Å². The Morgan fingerprint density at radius 3 is 1.44 bits per heavy atom. The van der Waals surface area contributed by atoms with E-state index in [4.69, 9.17) is 0 Å². The van der Waals surface area contributed by atoms with Gasteiger partial charge in [0.15, 0.2) is 0 Å². The van der Waals surface area contributed by atoms with E-state index in [-0.39, 0.29) is 6.71 Å². The van der Waals surface area contributed by atoms with Gasteiger partial charge in [-0.15, -0.1) is 0 Å². The zero-order valence-corrected chi connectivity index (χ0v) is 26.1. The summed E-state index contributed by atoms with van der Waals surface area (Å²) in [5.74, 6) is 0. The van der Waals surface area contributed by atoms with Crippen LogP contribution in [0.3, 0.4) is 0 Å². The van der Waals surface area contributed by atoms with Gasteiger partial charge in [-0.2, -0.15) is 0 Å². The second-order valence-electron chi connectivity index (χ2n) is 12.3. The Kier molecular flexibility index (Phi) is 6.39. The average molecular weight is 564 g/mol. The molecule has 5 aromatic rings. The van der Waals surface area contributed by atoms with E-state index in [0.29, 0.717) is 0 Å². The van der Waals surface area contributed by atoms with Gasteiger partial charge in [-0.3, -0.25) is 0 Å². The minimum atomic E-state index is 0.117. The van der Waals surface area contributed by atoms with Crippen molar-refractivity contribution in [3.05, 3.63) is 109 Å². The van der Waals surface area contributed by atoms with Gasteiger partial charge in [-0.05, 0) is 114 Å². The first kappa shape index (κ1) is 27.0. The van der Waals surface area contributed by atoms with E-state index in [2.05, 4.69) is 177 Å². The van der Waals surface area contributed by atoms with Crippen LogP contribution in [-0.2, 0) is 0 Å². The third kappa shape index (κ3) is 4.32. The summed E-state index contributed by atoms with van der Waals surface area (Å²) in [4.78, 5) is 11.4. The van der Waals surface area contributed by atoms with Crippen LogP contribution in [-0.4, -0.2) is 49.0 Å². The molecule has 0 saturated carbocycles. The van der Waals surface area contributed by atoms with E-state index < -0.39 is 0 Å². The Balaban J connectivity index is 1.53. The van der Waals surface area contributed by atoms with Gasteiger partial charge in [-0.25, -0.2) is 0 Å². The van der Waals surface area contributed by atoms with Gasteiger partial charge in [0.05, 0.1) is 0 Å². The van der Waals surface area contributed by atoms with Crippen LogP contribution >= 0.6 is 0 Å². The van der Waals surface area contributed by atoms with E-state index in [9.17, 15) is 0 Å². The molecule has 0 spiro atoms. The van der Waals surface area contributed by atoms with Gasteiger partial charge >= 0.3 is 0 Å². The number of hydrogen-bond donors (Lipinski definition) is 0. The van der Waals surface area contributed by atoms with Crippen molar-refractivity contribution in [3.8, 4) is 0 Å². The van der Waals surface area contributed by atoms with Gasteiger partial charge < -0.3 is 24.5 Å². The first-order chi connectivity index (χ1) is 20.7. The monoisotopic (exact) mass is 563 g/mol. The summed E-state index contributed by atoms with van der Waals surface area (Å²) >= 11 is 0. The molecular formula is C37H38BN5. The predicted octanol–water partition coefficient (Wildman–Crippen LogP) is 6.28. The molecule has 214 valence electrons. The molecule has 5 nitrogen and oxygen atoms in total. The summed E-state index contributed by atoms with van der Waals surface area (Å²) in [6, 6.07) is 38.5. The number of hydrogen-bond acceptors (Lipinski definition) is 5. The molecule has 0 amide bonds. The lowest BCUT2D eigenvalue weighted by Gasteiger charge is -2.44. The quantitative estimate of drug-likeness (QED) is 0.229. The summed E-state index contributed by atoms with van der Waals surface area (Å²) in [5.41, 5.74) is 16.1. The molecule has 0 saturated heterocycles. The third-order valence-electron chi connectivity index (χ3n) is 8.87. The summed E-state index contributed by atoms with van der Waals surface area (Å²) in [6.45, 7) is 2.34. The molecule has 0 aliphatic carbocycles. The third-order valence-corrected chi connectivity index (χ3v) is 8.87. The highest BCUT2D eigenvalue weighted by atomic mass is 15.2. The molecule has 2 aliphatic heterocycles. The largest absolute Gasteiger partial charge is 0.378 e. The van der Waals surface area contributed by atoms with Crippen LogP contribution in [0.4, 0.5) is 51.2 Å². The molecule has 0 bridgehead atoms. The van der Waals surface area contributed by atoms with Crippen molar-refractivity contribution in [2.24, 2.45) is 0 Å². The minimum absolute atomic E-state index is 0.117. The lowest BCUT2D eigenvalue weighted by atomic mass is 9.33. The van der Waals surface area contributed by atoms with Crippen LogP contribution in [0.1, 0.15) is 5.56 Å². The van der Waals surface area contributed by atoms with E-state index in [1.807, 2.05) is 0 Å². The van der Waals surface area contributed by atoms with Gasteiger partial charge in [0, 0.05) is 93.5 Å². The highest BCUT2D eigenvalue weighted by Gasteiger charge is 2.43. The molecule has 5 aromatic carbocycles. The second kappa shape index (κ2) is 10.2. The summed E-state index contributed by atoms with van der Waals surface area (Å²) in [5, 5.41) is 0. The Labute approximate surface area is 256 Å². The maximum atomic E-state index is 2.47. The fourth-order valence-corrected chi connectivity index (χ4v) is 6.71. The van der Waals surface area contributed by atoms with Gasteiger partial charge in [-0.1, -0.05) is 18.2 Å². The molecule has 2 heterocycles. The number of aryl methyl sites for hydroxylation is 1. The molecule has 0 unspecified atom stereocenters. The fraction of sp³-hybridized carbons (Fsp3) is 0.189. The molecule has 6 heteroatoms. The van der Waals surface area contributed by atoms with Gasteiger partial charge in [0.25, 0.3) is 6.71 Å². The Morgan fingerprint density at radius 2 is 0.930 bits per heavy atom. The number of para-hydroxylation sites is 1. The van der Waals surface area contributed by atoms with Crippen LogP contribution in [0.2, 0.25) is 0 Å². The van der Waals surface area contributed by atoms with Crippen molar-refractivity contribution < 1.29 is 0 Å². The summed E-state index contributed by atoms with van der Waals surface area (Å²) in [7, 11) is 12.6. The molecule has 2 aliphatic rings. The zero-order valence-electron chi connectivity index (χ0n) is 26.1. The van der Waals surface area contributed by atoms with Crippen molar-refractivity contribution in [2.45, 2.75) is 6.92 Å². The minimum Gasteiger partial charge on any atom is -0.378 e. The normalized spacial score (nSPS) is 12.9. The molecule has 0 atom stereocenters. The number of fused-ring (bicyclic) bond motifs is 4. The molecule has 0 fully saturated rings. The maximum Gasteiger partial charge on any atom is 0.252 e. The molecular weight excluding hydrogens is 525 g/mol. The molecule has 0 aromatic heterocycles.